The van der Waals surface area contributed by atoms with Crippen molar-refractivity contribution >= 4 is 11.6 Å². The lowest BCUT2D eigenvalue weighted by molar-refractivity contribution is 0.0217. The smallest absolute Gasteiger partial charge is 0.247 e. The van der Waals surface area contributed by atoms with Gasteiger partial charge in [-0.25, -0.2) is 4.39 Å². The first-order valence-electron chi connectivity index (χ1n) is 7.31. The second-order valence-electron chi connectivity index (χ2n) is 5.59. The molecular weight excluding hydrogens is 325 g/mol. The van der Waals surface area contributed by atoms with Crippen molar-refractivity contribution in [3.63, 3.8) is 0 Å². The van der Waals surface area contributed by atoms with E-state index in [1.165, 1.54) is 6.07 Å². The predicted octanol–water partition coefficient (Wildman–Crippen LogP) is 2.67. The number of ether oxygens (including phenoxy) is 1. The number of phenols is 1. The molecule has 2 aromatic rings. The zero-order valence-electron chi connectivity index (χ0n) is 12.6. The van der Waals surface area contributed by atoms with Crippen LogP contribution < -0.4 is 5.32 Å². The molecule has 6 nitrogen and oxygen atoms in total. The van der Waals surface area contributed by atoms with Crippen LogP contribution in [-0.2, 0) is 16.8 Å². The number of hydrogen-bond donors (Lipinski definition) is 2. The Kier molecular flexibility index (Phi) is 4.52. The standard InChI is InChI=1S/C15H17ClFN3O3/c1-9-19-14(23-20-9)15(2-4-22-5-3-15)18-8-10-6-11(16)7-12(17)13(10)21/h6-7,18,21H,2-5,8H2,1H3. The fraction of sp³-hybridized carbons (Fsp3) is 0.467. The summed E-state index contributed by atoms with van der Waals surface area (Å²) in [6.07, 6.45) is 1.27. The van der Waals surface area contributed by atoms with E-state index in [4.69, 9.17) is 20.9 Å². The lowest BCUT2D eigenvalue weighted by Crippen LogP contribution is -2.46. The molecule has 2 heterocycles. The Labute approximate surface area is 137 Å². The number of nitrogens with zero attached hydrogens (tertiary/aromatic N) is 2. The molecule has 3 rings (SSSR count). The van der Waals surface area contributed by atoms with Crippen LogP contribution in [-0.4, -0.2) is 28.5 Å². The summed E-state index contributed by atoms with van der Waals surface area (Å²) in [6, 6.07) is 2.60. The van der Waals surface area contributed by atoms with Crippen molar-refractivity contribution in [2.24, 2.45) is 0 Å². The molecule has 23 heavy (non-hydrogen) atoms. The van der Waals surface area contributed by atoms with Gasteiger partial charge in [0.25, 0.3) is 0 Å². The molecule has 0 aliphatic carbocycles. The van der Waals surface area contributed by atoms with Gasteiger partial charge in [-0.05, 0) is 31.9 Å². The number of nitrogens with one attached hydrogen (secondary N) is 1. The molecule has 1 fully saturated rings. The summed E-state index contributed by atoms with van der Waals surface area (Å²) in [4.78, 5) is 4.32. The molecule has 124 valence electrons. The maximum Gasteiger partial charge on any atom is 0.247 e. The first-order valence-corrected chi connectivity index (χ1v) is 7.68. The van der Waals surface area contributed by atoms with Crippen LogP contribution in [0.25, 0.3) is 0 Å². The highest BCUT2D eigenvalue weighted by molar-refractivity contribution is 6.30. The minimum atomic E-state index is -0.746. The van der Waals surface area contributed by atoms with Crippen LogP contribution in [0.15, 0.2) is 16.7 Å². The second kappa shape index (κ2) is 6.43. The van der Waals surface area contributed by atoms with Crippen molar-refractivity contribution in [3.8, 4) is 5.75 Å². The van der Waals surface area contributed by atoms with Gasteiger partial charge >= 0.3 is 0 Å². The maximum absolute atomic E-state index is 13.6. The van der Waals surface area contributed by atoms with Crippen LogP contribution in [0.4, 0.5) is 4.39 Å². The van der Waals surface area contributed by atoms with Crippen LogP contribution in [0, 0.1) is 12.7 Å². The largest absolute Gasteiger partial charge is 0.505 e. The number of rotatable bonds is 4. The van der Waals surface area contributed by atoms with Crippen molar-refractivity contribution in [1.82, 2.24) is 15.5 Å². The SMILES string of the molecule is Cc1noc(C2(NCc3cc(Cl)cc(F)c3O)CCOCC2)n1. The van der Waals surface area contributed by atoms with E-state index in [-0.39, 0.29) is 11.6 Å². The quantitative estimate of drug-likeness (QED) is 0.890. The fourth-order valence-corrected chi connectivity index (χ4v) is 2.92. The van der Waals surface area contributed by atoms with Crippen LogP contribution in [0.3, 0.4) is 0 Å². The Bertz CT molecular complexity index is 701. The molecule has 1 aliphatic rings. The van der Waals surface area contributed by atoms with Crippen LogP contribution in [0.5, 0.6) is 5.75 Å². The Morgan fingerprint density at radius 3 is 2.78 bits per heavy atom. The maximum atomic E-state index is 13.6. The first kappa shape index (κ1) is 16.2. The van der Waals surface area contributed by atoms with Crippen LogP contribution >= 0.6 is 11.6 Å². The normalized spacial score (nSPS) is 17.3. The topological polar surface area (TPSA) is 80.4 Å². The molecule has 1 aromatic carbocycles. The van der Waals surface area contributed by atoms with Gasteiger partial charge in [0.15, 0.2) is 17.4 Å². The third-order valence-electron chi connectivity index (χ3n) is 4.01. The summed E-state index contributed by atoms with van der Waals surface area (Å²) in [5.74, 6) is -0.139. The highest BCUT2D eigenvalue weighted by Crippen LogP contribution is 2.33. The van der Waals surface area contributed by atoms with Gasteiger partial charge in [0.05, 0.1) is 0 Å². The van der Waals surface area contributed by atoms with Crippen molar-refractivity contribution in [2.75, 3.05) is 13.2 Å². The molecule has 0 radical (unpaired) electrons. The van der Waals surface area contributed by atoms with Gasteiger partial charge in [-0.1, -0.05) is 16.8 Å². The first-order chi connectivity index (χ1) is 11.0. The molecule has 0 spiro atoms. The van der Waals surface area contributed by atoms with E-state index in [1.54, 1.807) is 6.92 Å². The van der Waals surface area contributed by atoms with Crippen molar-refractivity contribution < 1.29 is 18.8 Å². The Morgan fingerprint density at radius 2 is 2.13 bits per heavy atom. The molecule has 1 saturated heterocycles. The third-order valence-corrected chi connectivity index (χ3v) is 4.23. The number of halogens is 2. The summed E-state index contributed by atoms with van der Waals surface area (Å²) in [5.41, 5.74) is -0.192. The average molecular weight is 342 g/mol. The molecule has 2 N–H and O–H groups in total. The van der Waals surface area contributed by atoms with Crippen molar-refractivity contribution in [2.45, 2.75) is 31.8 Å². The number of aryl methyl sites for hydroxylation is 1. The van der Waals surface area contributed by atoms with Gasteiger partial charge in [-0.2, -0.15) is 4.98 Å². The number of aromatic nitrogens is 2. The lowest BCUT2D eigenvalue weighted by Gasteiger charge is -2.35. The molecule has 0 saturated carbocycles. The summed E-state index contributed by atoms with van der Waals surface area (Å²) in [6.45, 7) is 3.05. The second-order valence-corrected chi connectivity index (χ2v) is 6.03. The van der Waals surface area contributed by atoms with Gasteiger partial charge in [0, 0.05) is 30.3 Å². The number of aromatic hydroxyl groups is 1. The molecular formula is C15H17ClFN3O3. The van der Waals surface area contributed by atoms with Crippen LogP contribution in [0.1, 0.15) is 30.1 Å². The molecule has 8 heteroatoms. The van der Waals surface area contributed by atoms with Gasteiger partial charge < -0.3 is 14.4 Å². The molecule has 0 unspecified atom stereocenters. The van der Waals surface area contributed by atoms with E-state index in [0.29, 0.717) is 43.3 Å². The van der Waals surface area contributed by atoms with E-state index in [2.05, 4.69) is 15.5 Å². The van der Waals surface area contributed by atoms with E-state index in [1.807, 2.05) is 0 Å². The summed E-state index contributed by atoms with van der Waals surface area (Å²) >= 11 is 5.86. The van der Waals surface area contributed by atoms with Gasteiger partial charge in [0.2, 0.25) is 5.89 Å². The lowest BCUT2D eigenvalue weighted by atomic mass is 9.89. The van der Waals surface area contributed by atoms with Crippen LogP contribution in [0.2, 0.25) is 5.02 Å². The monoisotopic (exact) mass is 341 g/mol. The molecule has 1 aromatic heterocycles. The highest BCUT2D eigenvalue weighted by Gasteiger charge is 2.39. The number of phenolic OH excluding ortho intramolecular Hbond substituents is 1. The number of hydrogen-bond acceptors (Lipinski definition) is 6. The predicted molar refractivity (Wildman–Crippen MR) is 80.7 cm³/mol. The van der Waals surface area contributed by atoms with Crippen molar-refractivity contribution in [1.29, 1.82) is 0 Å². The Morgan fingerprint density at radius 1 is 1.39 bits per heavy atom. The molecule has 0 bridgehead atoms. The van der Waals surface area contributed by atoms with E-state index in [9.17, 15) is 9.50 Å². The van der Waals surface area contributed by atoms with Gasteiger partial charge in [-0.3, -0.25) is 5.32 Å². The summed E-state index contributed by atoms with van der Waals surface area (Å²) < 4.78 is 24.3. The van der Waals surface area contributed by atoms with E-state index >= 15 is 0 Å². The average Bonchev–Trinajstić information content (AvgIpc) is 2.97. The summed E-state index contributed by atoms with van der Waals surface area (Å²) in [5, 5.41) is 17.2. The van der Waals surface area contributed by atoms with Gasteiger partial charge in [-0.15, -0.1) is 0 Å². The number of benzene rings is 1. The zero-order chi connectivity index (χ0) is 16.4. The van der Waals surface area contributed by atoms with E-state index < -0.39 is 17.1 Å². The minimum absolute atomic E-state index is 0.213. The fourth-order valence-electron chi connectivity index (χ4n) is 2.70. The Hall–Kier alpha value is -1.70. The molecule has 0 amide bonds. The minimum Gasteiger partial charge on any atom is -0.505 e. The third kappa shape index (κ3) is 3.31. The van der Waals surface area contributed by atoms with Crippen molar-refractivity contribution in [3.05, 3.63) is 40.3 Å². The zero-order valence-corrected chi connectivity index (χ0v) is 13.4. The summed E-state index contributed by atoms with van der Waals surface area (Å²) in [7, 11) is 0. The highest BCUT2D eigenvalue weighted by atomic mass is 35.5. The molecule has 0 atom stereocenters. The Balaban J connectivity index is 1.85. The molecule has 1 aliphatic heterocycles. The van der Waals surface area contributed by atoms with E-state index in [0.717, 1.165) is 6.07 Å². The van der Waals surface area contributed by atoms with Gasteiger partial charge in [0.1, 0.15) is 5.54 Å².